The van der Waals surface area contributed by atoms with E-state index in [0.717, 1.165) is 32.7 Å². The van der Waals surface area contributed by atoms with E-state index in [1.807, 2.05) is 7.11 Å². The summed E-state index contributed by atoms with van der Waals surface area (Å²) in [6, 6.07) is 0. The van der Waals surface area contributed by atoms with Crippen molar-refractivity contribution in [3.05, 3.63) is 0 Å². The quantitative estimate of drug-likeness (QED) is 0.741. The van der Waals surface area contributed by atoms with Gasteiger partial charge in [-0.1, -0.05) is 13.8 Å². The highest BCUT2D eigenvalue weighted by Gasteiger charge is 2.22. The van der Waals surface area contributed by atoms with Crippen molar-refractivity contribution in [2.75, 3.05) is 39.8 Å². The van der Waals surface area contributed by atoms with Crippen molar-refractivity contribution in [1.29, 1.82) is 0 Å². The Labute approximate surface area is 106 Å². The van der Waals surface area contributed by atoms with Gasteiger partial charge in [0.2, 0.25) is 0 Å². The fourth-order valence-corrected chi connectivity index (χ4v) is 2.36. The summed E-state index contributed by atoms with van der Waals surface area (Å²) < 4.78 is 5.52. The number of ether oxygens (including phenoxy) is 1. The molecule has 96 valence electrons. The summed E-state index contributed by atoms with van der Waals surface area (Å²) >= 11 is 4.47. The third-order valence-corrected chi connectivity index (χ3v) is 3.75. The molecule has 0 aliphatic carbocycles. The minimum atomic E-state index is 0.361. The van der Waals surface area contributed by atoms with Crippen LogP contribution in [0.25, 0.3) is 0 Å². The number of nitrogens with zero attached hydrogens (tertiary/aromatic N) is 2. The molecule has 1 saturated heterocycles. The Bertz CT molecular complexity index is 191. The summed E-state index contributed by atoms with van der Waals surface area (Å²) in [5.41, 5.74) is 0. The predicted octanol–water partition coefficient (Wildman–Crippen LogP) is 1.55. The van der Waals surface area contributed by atoms with E-state index < -0.39 is 0 Å². The highest BCUT2D eigenvalue weighted by atomic mass is 32.1. The lowest BCUT2D eigenvalue weighted by Crippen LogP contribution is -2.50. The third kappa shape index (κ3) is 4.24. The molecule has 1 rings (SSSR count). The molecule has 1 aliphatic rings. The number of rotatable bonds is 5. The predicted molar refractivity (Wildman–Crippen MR) is 72.1 cm³/mol. The number of hydrogen-bond donors (Lipinski definition) is 1. The van der Waals surface area contributed by atoms with Crippen molar-refractivity contribution in [1.82, 2.24) is 9.80 Å². The largest absolute Gasteiger partial charge is 0.380 e. The van der Waals surface area contributed by atoms with Gasteiger partial charge < -0.3 is 4.74 Å². The SMILES string of the molecule is COC(CN1CCN(C(C)S)CC1)C(C)C. The molecular weight excluding hydrogens is 220 g/mol. The molecule has 0 aromatic heterocycles. The molecular formula is C12H26N2OS. The zero-order valence-electron chi connectivity index (χ0n) is 11.0. The summed E-state index contributed by atoms with van der Waals surface area (Å²) in [6.45, 7) is 12.2. The molecule has 3 nitrogen and oxygen atoms in total. The van der Waals surface area contributed by atoms with Crippen LogP contribution in [0.2, 0.25) is 0 Å². The van der Waals surface area contributed by atoms with Crippen LogP contribution in [-0.4, -0.2) is 61.1 Å². The van der Waals surface area contributed by atoms with E-state index in [4.69, 9.17) is 4.74 Å². The average Bonchev–Trinajstić information content (AvgIpc) is 2.26. The van der Waals surface area contributed by atoms with Crippen molar-refractivity contribution in [3.8, 4) is 0 Å². The van der Waals surface area contributed by atoms with Gasteiger partial charge in [0.25, 0.3) is 0 Å². The Morgan fingerprint density at radius 1 is 1.12 bits per heavy atom. The lowest BCUT2D eigenvalue weighted by molar-refractivity contribution is 0.0169. The van der Waals surface area contributed by atoms with Crippen molar-refractivity contribution < 1.29 is 4.74 Å². The van der Waals surface area contributed by atoms with E-state index in [-0.39, 0.29) is 0 Å². The third-order valence-electron chi connectivity index (χ3n) is 3.42. The molecule has 0 aromatic rings. The Morgan fingerprint density at radius 2 is 1.69 bits per heavy atom. The summed E-state index contributed by atoms with van der Waals surface area (Å²) in [7, 11) is 1.82. The molecule has 16 heavy (non-hydrogen) atoms. The van der Waals surface area contributed by atoms with Crippen LogP contribution >= 0.6 is 12.6 Å². The van der Waals surface area contributed by atoms with Gasteiger partial charge in [-0.05, 0) is 12.8 Å². The summed E-state index contributed by atoms with van der Waals surface area (Å²) in [6.07, 6.45) is 0.361. The van der Waals surface area contributed by atoms with E-state index in [0.29, 0.717) is 17.4 Å². The van der Waals surface area contributed by atoms with Crippen LogP contribution in [-0.2, 0) is 4.74 Å². The van der Waals surface area contributed by atoms with Crippen LogP contribution in [0.15, 0.2) is 0 Å². The zero-order chi connectivity index (χ0) is 12.1. The number of piperazine rings is 1. The standard InChI is InChI=1S/C12H26N2OS/c1-10(2)12(15-4)9-13-5-7-14(8-6-13)11(3)16/h10-12,16H,5-9H2,1-4H3. The molecule has 2 unspecified atom stereocenters. The molecule has 0 N–H and O–H groups in total. The molecule has 0 spiro atoms. The minimum Gasteiger partial charge on any atom is -0.380 e. The van der Waals surface area contributed by atoms with E-state index in [1.54, 1.807) is 0 Å². The van der Waals surface area contributed by atoms with E-state index in [9.17, 15) is 0 Å². The molecule has 2 atom stereocenters. The molecule has 0 bridgehead atoms. The topological polar surface area (TPSA) is 15.7 Å². The second kappa shape index (κ2) is 6.84. The number of methoxy groups -OCH3 is 1. The Morgan fingerprint density at radius 3 is 2.06 bits per heavy atom. The van der Waals surface area contributed by atoms with Crippen molar-refractivity contribution >= 4 is 12.6 Å². The number of thiol groups is 1. The fraction of sp³-hybridized carbons (Fsp3) is 1.00. The maximum atomic E-state index is 5.52. The molecule has 0 saturated carbocycles. The first-order chi connectivity index (χ1) is 7.54. The summed E-state index contributed by atoms with van der Waals surface area (Å²) in [5, 5.41) is 0.380. The van der Waals surface area contributed by atoms with Gasteiger partial charge in [-0.15, -0.1) is 0 Å². The van der Waals surface area contributed by atoms with Gasteiger partial charge in [-0.25, -0.2) is 0 Å². The van der Waals surface area contributed by atoms with Crippen LogP contribution in [0.5, 0.6) is 0 Å². The maximum Gasteiger partial charge on any atom is 0.0721 e. The van der Waals surface area contributed by atoms with Crippen molar-refractivity contribution in [2.24, 2.45) is 5.92 Å². The average molecular weight is 246 g/mol. The smallest absolute Gasteiger partial charge is 0.0721 e. The second-order valence-electron chi connectivity index (χ2n) is 4.99. The van der Waals surface area contributed by atoms with Crippen LogP contribution in [0.3, 0.4) is 0 Å². The molecule has 0 radical (unpaired) electrons. The number of hydrogen-bond acceptors (Lipinski definition) is 4. The van der Waals surface area contributed by atoms with Gasteiger partial charge in [0.15, 0.2) is 0 Å². The van der Waals surface area contributed by atoms with Crippen LogP contribution in [0, 0.1) is 5.92 Å². The van der Waals surface area contributed by atoms with Gasteiger partial charge in [0.05, 0.1) is 6.10 Å². The first kappa shape index (κ1) is 14.3. The van der Waals surface area contributed by atoms with Crippen molar-refractivity contribution in [3.63, 3.8) is 0 Å². The Balaban J connectivity index is 2.31. The minimum absolute atomic E-state index is 0.361. The molecule has 0 amide bonds. The van der Waals surface area contributed by atoms with Gasteiger partial charge in [-0.2, -0.15) is 12.6 Å². The van der Waals surface area contributed by atoms with E-state index in [1.165, 1.54) is 0 Å². The zero-order valence-corrected chi connectivity index (χ0v) is 11.9. The molecule has 1 heterocycles. The lowest BCUT2D eigenvalue weighted by atomic mass is 10.1. The summed E-state index contributed by atoms with van der Waals surface area (Å²) in [4.78, 5) is 4.91. The fourth-order valence-electron chi connectivity index (χ4n) is 2.13. The van der Waals surface area contributed by atoms with Gasteiger partial charge in [0.1, 0.15) is 0 Å². The highest BCUT2D eigenvalue weighted by molar-refractivity contribution is 7.80. The van der Waals surface area contributed by atoms with Gasteiger partial charge in [0, 0.05) is 45.2 Å². The normalized spacial score (nSPS) is 23.6. The lowest BCUT2D eigenvalue weighted by Gasteiger charge is -2.38. The highest BCUT2D eigenvalue weighted by Crippen LogP contribution is 2.12. The molecule has 1 fully saturated rings. The van der Waals surface area contributed by atoms with Crippen LogP contribution in [0.4, 0.5) is 0 Å². The monoisotopic (exact) mass is 246 g/mol. The van der Waals surface area contributed by atoms with Gasteiger partial charge in [-0.3, -0.25) is 9.80 Å². The Kier molecular flexibility index (Phi) is 6.11. The Hall–Kier alpha value is 0.230. The molecule has 1 aliphatic heterocycles. The van der Waals surface area contributed by atoms with E-state index in [2.05, 4.69) is 43.2 Å². The van der Waals surface area contributed by atoms with Crippen molar-refractivity contribution in [2.45, 2.75) is 32.2 Å². The van der Waals surface area contributed by atoms with Gasteiger partial charge >= 0.3 is 0 Å². The van der Waals surface area contributed by atoms with Crippen LogP contribution < -0.4 is 0 Å². The second-order valence-corrected chi connectivity index (χ2v) is 5.73. The molecule has 0 aromatic carbocycles. The first-order valence-electron chi connectivity index (χ1n) is 6.22. The van der Waals surface area contributed by atoms with E-state index >= 15 is 0 Å². The first-order valence-corrected chi connectivity index (χ1v) is 6.73. The molecule has 4 heteroatoms. The maximum absolute atomic E-state index is 5.52. The van der Waals surface area contributed by atoms with Crippen LogP contribution in [0.1, 0.15) is 20.8 Å². The summed E-state index contributed by atoms with van der Waals surface area (Å²) in [5.74, 6) is 0.590.